The SMILES string of the molecule is c1ccc(-c2cccc(-c3nc(-c4ccccc4)cc(-c4ccc5c(-n6c7ccccc7c7c8c9ccccc9n(-c9ccccc9)c8ccc76)cccc5c4)n3)c2)cc1. The van der Waals surface area contributed by atoms with E-state index in [9.17, 15) is 0 Å². The summed E-state index contributed by atoms with van der Waals surface area (Å²) in [5.41, 5.74) is 14.2. The van der Waals surface area contributed by atoms with Crippen LogP contribution in [0.15, 0.2) is 218 Å². The molecule has 0 amide bonds. The molecule has 12 aromatic rings. The van der Waals surface area contributed by atoms with Crippen LogP contribution in [0.4, 0.5) is 0 Å². The van der Waals surface area contributed by atoms with E-state index in [1.807, 2.05) is 12.1 Å². The van der Waals surface area contributed by atoms with Gasteiger partial charge in [0.1, 0.15) is 0 Å². The summed E-state index contributed by atoms with van der Waals surface area (Å²) in [7, 11) is 0. The van der Waals surface area contributed by atoms with E-state index in [1.54, 1.807) is 0 Å². The minimum atomic E-state index is 0.697. The highest BCUT2D eigenvalue weighted by Gasteiger charge is 2.21. The van der Waals surface area contributed by atoms with Crippen molar-refractivity contribution >= 4 is 54.4 Å². The van der Waals surface area contributed by atoms with Crippen molar-refractivity contribution in [2.75, 3.05) is 0 Å². The Balaban J connectivity index is 1.04. The summed E-state index contributed by atoms with van der Waals surface area (Å²) in [6, 6.07) is 77.8. The number of rotatable bonds is 6. The number of hydrogen-bond acceptors (Lipinski definition) is 2. The van der Waals surface area contributed by atoms with E-state index >= 15 is 0 Å². The van der Waals surface area contributed by atoms with Crippen LogP contribution in [0.5, 0.6) is 0 Å². The summed E-state index contributed by atoms with van der Waals surface area (Å²) in [6.45, 7) is 0. The summed E-state index contributed by atoms with van der Waals surface area (Å²) >= 11 is 0. The smallest absolute Gasteiger partial charge is 0.160 e. The molecular weight excluding hydrogens is 729 g/mol. The van der Waals surface area contributed by atoms with Crippen LogP contribution in [0.3, 0.4) is 0 Å². The first-order valence-electron chi connectivity index (χ1n) is 20.4. The fourth-order valence-corrected chi connectivity index (χ4v) is 9.20. The third kappa shape index (κ3) is 5.46. The van der Waals surface area contributed by atoms with Gasteiger partial charge in [0.05, 0.1) is 39.1 Å². The van der Waals surface area contributed by atoms with E-state index < -0.39 is 0 Å². The van der Waals surface area contributed by atoms with Crippen molar-refractivity contribution in [1.29, 1.82) is 0 Å². The Morgan fingerprint density at radius 2 is 0.850 bits per heavy atom. The maximum absolute atomic E-state index is 5.25. The molecule has 0 aliphatic heterocycles. The minimum absolute atomic E-state index is 0.697. The normalized spacial score (nSPS) is 11.7. The number of nitrogens with zero attached hydrogens (tertiary/aromatic N) is 4. The van der Waals surface area contributed by atoms with Crippen LogP contribution in [0.1, 0.15) is 0 Å². The predicted molar refractivity (Wildman–Crippen MR) is 250 cm³/mol. The molecule has 4 nitrogen and oxygen atoms in total. The highest BCUT2D eigenvalue weighted by atomic mass is 15.0. The number of hydrogen-bond donors (Lipinski definition) is 0. The topological polar surface area (TPSA) is 35.6 Å². The quantitative estimate of drug-likeness (QED) is 0.169. The van der Waals surface area contributed by atoms with Gasteiger partial charge in [-0.1, -0.05) is 158 Å². The summed E-state index contributed by atoms with van der Waals surface area (Å²) < 4.78 is 4.86. The molecule has 0 aliphatic rings. The van der Waals surface area contributed by atoms with Crippen LogP contribution in [-0.4, -0.2) is 19.1 Å². The molecule has 4 heteroatoms. The zero-order chi connectivity index (χ0) is 39.6. The molecule has 0 atom stereocenters. The van der Waals surface area contributed by atoms with Gasteiger partial charge in [-0.15, -0.1) is 0 Å². The second-order valence-corrected chi connectivity index (χ2v) is 15.4. The van der Waals surface area contributed by atoms with Gasteiger partial charge in [0.2, 0.25) is 0 Å². The molecule has 0 bridgehead atoms. The summed E-state index contributed by atoms with van der Waals surface area (Å²) in [6.07, 6.45) is 0. The van der Waals surface area contributed by atoms with Crippen LogP contribution in [-0.2, 0) is 0 Å². The largest absolute Gasteiger partial charge is 0.309 e. The summed E-state index contributed by atoms with van der Waals surface area (Å²) in [4.78, 5) is 10.4. The summed E-state index contributed by atoms with van der Waals surface area (Å²) in [5.74, 6) is 0.697. The molecule has 0 spiro atoms. The highest BCUT2D eigenvalue weighted by molar-refractivity contribution is 6.29. The standard InChI is InChI=1S/C56H36N4/c1-4-16-37(17-5-1)39-20-14-22-42(34-39)56-57-47(38-18-6-2-7-19-38)36-48(58-56)41-30-31-44-40(35-41)21-15-29-49(44)60-51-28-13-11-26-46(51)55-53(60)33-32-52-54(55)45-25-10-12-27-50(45)59(52)43-23-8-3-9-24-43/h1-36H. The van der Waals surface area contributed by atoms with E-state index in [0.717, 1.165) is 56.0 Å². The molecule has 0 saturated carbocycles. The van der Waals surface area contributed by atoms with Crippen LogP contribution in [0.25, 0.3) is 111 Å². The zero-order valence-corrected chi connectivity index (χ0v) is 32.6. The van der Waals surface area contributed by atoms with Crippen LogP contribution >= 0.6 is 0 Å². The molecule has 12 rings (SSSR count). The van der Waals surface area contributed by atoms with Gasteiger partial charge in [-0.3, -0.25) is 0 Å². The lowest BCUT2D eigenvalue weighted by Crippen LogP contribution is -1.97. The molecule has 3 aromatic heterocycles. The van der Waals surface area contributed by atoms with E-state index in [0.29, 0.717) is 5.82 Å². The second-order valence-electron chi connectivity index (χ2n) is 15.4. The van der Waals surface area contributed by atoms with E-state index in [1.165, 1.54) is 49.0 Å². The van der Waals surface area contributed by atoms with Crippen molar-refractivity contribution in [2.24, 2.45) is 0 Å². The van der Waals surface area contributed by atoms with E-state index in [2.05, 4.69) is 215 Å². The van der Waals surface area contributed by atoms with Crippen molar-refractivity contribution in [3.8, 4) is 56.4 Å². The first-order chi connectivity index (χ1) is 29.8. The lowest BCUT2D eigenvalue weighted by atomic mass is 10.0. The molecule has 0 aliphatic carbocycles. The molecule has 280 valence electrons. The predicted octanol–water partition coefficient (Wildman–Crippen LogP) is 14.5. The maximum atomic E-state index is 5.25. The molecule has 0 N–H and O–H groups in total. The maximum Gasteiger partial charge on any atom is 0.160 e. The Labute approximate surface area is 346 Å². The molecule has 0 radical (unpaired) electrons. The minimum Gasteiger partial charge on any atom is -0.309 e. The Bertz CT molecular complexity index is 3580. The van der Waals surface area contributed by atoms with Crippen molar-refractivity contribution in [3.63, 3.8) is 0 Å². The first kappa shape index (κ1) is 34.0. The zero-order valence-electron chi connectivity index (χ0n) is 32.6. The Morgan fingerprint density at radius 1 is 0.300 bits per heavy atom. The van der Waals surface area contributed by atoms with Crippen LogP contribution in [0.2, 0.25) is 0 Å². The third-order valence-electron chi connectivity index (χ3n) is 11.9. The number of aromatic nitrogens is 4. The molecule has 0 saturated heterocycles. The fraction of sp³-hybridized carbons (Fsp3) is 0. The van der Waals surface area contributed by atoms with Gasteiger partial charge in [-0.05, 0) is 77.2 Å². The fourth-order valence-electron chi connectivity index (χ4n) is 9.20. The van der Waals surface area contributed by atoms with Crippen molar-refractivity contribution in [3.05, 3.63) is 218 Å². The van der Waals surface area contributed by atoms with Gasteiger partial charge >= 0.3 is 0 Å². The highest BCUT2D eigenvalue weighted by Crippen LogP contribution is 2.43. The Morgan fingerprint density at radius 3 is 1.57 bits per heavy atom. The van der Waals surface area contributed by atoms with Gasteiger partial charge in [0.15, 0.2) is 5.82 Å². The Hall–Kier alpha value is -8.08. The van der Waals surface area contributed by atoms with Crippen LogP contribution in [0, 0.1) is 0 Å². The van der Waals surface area contributed by atoms with E-state index in [4.69, 9.17) is 9.97 Å². The lowest BCUT2D eigenvalue weighted by Gasteiger charge is -2.14. The lowest BCUT2D eigenvalue weighted by molar-refractivity contribution is 1.18. The van der Waals surface area contributed by atoms with Gasteiger partial charge < -0.3 is 9.13 Å². The third-order valence-corrected chi connectivity index (χ3v) is 11.9. The number of fused-ring (bicyclic) bond motifs is 8. The number of para-hydroxylation sites is 3. The molecule has 0 unspecified atom stereocenters. The number of benzene rings is 9. The van der Waals surface area contributed by atoms with Crippen molar-refractivity contribution < 1.29 is 0 Å². The molecule has 0 fully saturated rings. The first-order valence-corrected chi connectivity index (χ1v) is 20.4. The molecule has 9 aromatic carbocycles. The monoisotopic (exact) mass is 764 g/mol. The molecule has 3 heterocycles. The Kier molecular flexibility index (Phi) is 7.82. The van der Waals surface area contributed by atoms with Crippen molar-refractivity contribution in [1.82, 2.24) is 19.1 Å². The molecule has 60 heavy (non-hydrogen) atoms. The average Bonchev–Trinajstić information content (AvgIpc) is 3.85. The van der Waals surface area contributed by atoms with Gasteiger partial charge in [0.25, 0.3) is 0 Å². The molecular formula is C56H36N4. The van der Waals surface area contributed by atoms with Crippen molar-refractivity contribution in [2.45, 2.75) is 0 Å². The van der Waals surface area contributed by atoms with Gasteiger partial charge in [-0.2, -0.15) is 0 Å². The van der Waals surface area contributed by atoms with Gasteiger partial charge in [-0.25, -0.2) is 9.97 Å². The van der Waals surface area contributed by atoms with Gasteiger partial charge in [0, 0.05) is 49.3 Å². The average molecular weight is 765 g/mol. The second kappa shape index (κ2) is 13.8. The summed E-state index contributed by atoms with van der Waals surface area (Å²) in [5, 5.41) is 7.33. The van der Waals surface area contributed by atoms with E-state index in [-0.39, 0.29) is 0 Å². The van der Waals surface area contributed by atoms with Crippen LogP contribution < -0.4 is 0 Å².